The van der Waals surface area contributed by atoms with Crippen LogP contribution in [0.1, 0.15) is 29.6 Å². The Morgan fingerprint density at radius 1 is 1.28 bits per heavy atom. The van der Waals surface area contributed by atoms with E-state index in [2.05, 4.69) is 5.10 Å². The average molecular weight is 342 g/mol. The number of hydrogen-bond acceptors (Lipinski definition) is 4. The normalized spacial score (nSPS) is 21.4. The van der Waals surface area contributed by atoms with E-state index in [-0.39, 0.29) is 5.91 Å². The monoisotopic (exact) mass is 342 g/mol. The van der Waals surface area contributed by atoms with Crippen LogP contribution in [0.2, 0.25) is 0 Å². The van der Waals surface area contributed by atoms with Crippen LogP contribution in [-0.2, 0) is 0 Å². The van der Waals surface area contributed by atoms with E-state index < -0.39 is 5.60 Å². The maximum Gasteiger partial charge on any atom is 0.253 e. The van der Waals surface area contributed by atoms with E-state index in [1.165, 1.54) is 0 Å². The van der Waals surface area contributed by atoms with Crippen LogP contribution in [-0.4, -0.2) is 69.9 Å². The molecule has 1 saturated heterocycles. The zero-order valence-corrected chi connectivity index (χ0v) is 14.9. The molecule has 134 valence electrons. The highest BCUT2D eigenvalue weighted by atomic mass is 16.3. The Kier molecular flexibility index (Phi) is 5.20. The molecular formula is C19H26N4O2. The molecule has 1 aliphatic heterocycles. The Hall–Kier alpha value is -2.18. The van der Waals surface area contributed by atoms with Gasteiger partial charge in [0, 0.05) is 37.6 Å². The predicted octanol–water partition coefficient (Wildman–Crippen LogP) is 1.79. The summed E-state index contributed by atoms with van der Waals surface area (Å²) in [5.41, 5.74) is 0.816. The van der Waals surface area contributed by atoms with E-state index in [0.717, 1.165) is 18.5 Å². The average Bonchev–Trinajstić information content (AvgIpc) is 3.05. The van der Waals surface area contributed by atoms with Crippen molar-refractivity contribution < 1.29 is 9.90 Å². The molecule has 0 saturated carbocycles. The second-order valence-electron chi connectivity index (χ2n) is 7.11. The molecule has 0 bridgehead atoms. The van der Waals surface area contributed by atoms with Crippen molar-refractivity contribution in [2.24, 2.45) is 0 Å². The third-order valence-corrected chi connectivity index (χ3v) is 4.68. The number of carbonyl (C=O) groups is 1. The van der Waals surface area contributed by atoms with E-state index in [0.29, 0.717) is 31.6 Å². The molecule has 25 heavy (non-hydrogen) atoms. The quantitative estimate of drug-likeness (QED) is 0.920. The fourth-order valence-electron chi connectivity index (χ4n) is 3.51. The zero-order chi connectivity index (χ0) is 17.9. The SMILES string of the molecule is CN(C)C[C@]1(O)CCCN(C(=O)c2cccc(-n3cccn3)c2)CC1. The minimum atomic E-state index is -0.713. The van der Waals surface area contributed by atoms with Crippen LogP contribution in [0.4, 0.5) is 0 Å². The van der Waals surface area contributed by atoms with Gasteiger partial charge in [-0.05, 0) is 57.6 Å². The second kappa shape index (κ2) is 7.37. The lowest BCUT2D eigenvalue weighted by molar-refractivity contribution is 0.00305. The minimum absolute atomic E-state index is 0.0168. The number of hydrogen-bond donors (Lipinski definition) is 1. The molecule has 3 rings (SSSR count). The fraction of sp³-hybridized carbons (Fsp3) is 0.474. The molecule has 1 aromatic heterocycles. The van der Waals surface area contributed by atoms with E-state index in [4.69, 9.17) is 0 Å². The number of aromatic nitrogens is 2. The summed E-state index contributed by atoms with van der Waals surface area (Å²) in [5.74, 6) is 0.0168. The van der Waals surface area contributed by atoms with Crippen molar-refractivity contribution in [3.63, 3.8) is 0 Å². The van der Waals surface area contributed by atoms with Crippen LogP contribution in [0.5, 0.6) is 0 Å². The summed E-state index contributed by atoms with van der Waals surface area (Å²) in [6, 6.07) is 9.37. The van der Waals surface area contributed by atoms with Crippen LogP contribution in [0.3, 0.4) is 0 Å². The Bertz CT molecular complexity index is 714. The number of carbonyl (C=O) groups excluding carboxylic acids is 1. The summed E-state index contributed by atoms with van der Waals surface area (Å²) in [7, 11) is 3.93. The van der Waals surface area contributed by atoms with Gasteiger partial charge in [0.2, 0.25) is 0 Å². The van der Waals surface area contributed by atoms with Crippen LogP contribution in [0.25, 0.3) is 5.69 Å². The number of likely N-dealkylation sites (tertiary alicyclic amines) is 1. The molecule has 1 N–H and O–H groups in total. The molecule has 1 amide bonds. The first kappa shape index (κ1) is 17.6. The van der Waals surface area contributed by atoms with Crippen LogP contribution in [0.15, 0.2) is 42.7 Å². The van der Waals surface area contributed by atoms with E-state index in [1.807, 2.05) is 60.4 Å². The van der Waals surface area contributed by atoms with E-state index in [1.54, 1.807) is 10.9 Å². The minimum Gasteiger partial charge on any atom is -0.388 e. The molecule has 1 atom stereocenters. The first-order valence-corrected chi connectivity index (χ1v) is 8.73. The fourth-order valence-corrected chi connectivity index (χ4v) is 3.51. The molecular weight excluding hydrogens is 316 g/mol. The molecule has 6 heteroatoms. The molecule has 1 aliphatic rings. The number of likely N-dealkylation sites (N-methyl/N-ethyl adjacent to an activating group) is 1. The molecule has 1 fully saturated rings. The molecule has 2 heterocycles. The second-order valence-corrected chi connectivity index (χ2v) is 7.11. The highest BCUT2D eigenvalue weighted by Gasteiger charge is 2.32. The largest absolute Gasteiger partial charge is 0.388 e. The lowest BCUT2D eigenvalue weighted by Crippen LogP contribution is -2.41. The standard InChI is InChI=1S/C19H26N4O2/c1-21(2)15-19(25)8-4-11-22(13-9-19)18(24)16-6-3-7-17(14-16)23-12-5-10-20-23/h3,5-7,10,12,14,25H,4,8-9,11,13,15H2,1-2H3/t19-/m0/s1. The Morgan fingerprint density at radius 3 is 2.84 bits per heavy atom. The lowest BCUT2D eigenvalue weighted by Gasteiger charge is -2.30. The summed E-state index contributed by atoms with van der Waals surface area (Å²) in [5, 5.41) is 15.0. The van der Waals surface area contributed by atoms with Gasteiger partial charge in [-0.15, -0.1) is 0 Å². The summed E-state index contributed by atoms with van der Waals surface area (Å²) >= 11 is 0. The van der Waals surface area contributed by atoms with Gasteiger partial charge in [-0.1, -0.05) is 6.07 Å². The Balaban J connectivity index is 1.72. The molecule has 1 aromatic carbocycles. The van der Waals surface area contributed by atoms with Crippen LogP contribution >= 0.6 is 0 Å². The Morgan fingerprint density at radius 2 is 2.12 bits per heavy atom. The van der Waals surface area contributed by atoms with Crippen molar-refractivity contribution in [3.8, 4) is 5.69 Å². The first-order chi connectivity index (χ1) is 12.0. The highest BCUT2D eigenvalue weighted by Crippen LogP contribution is 2.24. The number of aliphatic hydroxyl groups is 1. The van der Waals surface area contributed by atoms with E-state index >= 15 is 0 Å². The van der Waals surface area contributed by atoms with Gasteiger partial charge >= 0.3 is 0 Å². The summed E-state index contributed by atoms with van der Waals surface area (Å²) in [4.78, 5) is 16.8. The van der Waals surface area contributed by atoms with Gasteiger partial charge in [0.15, 0.2) is 0 Å². The predicted molar refractivity (Wildman–Crippen MR) is 96.8 cm³/mol. The topological polar surface area (TPSA) is 61.6 Å². The van der Waals surface area contributed by atoms with Crippen molar-refractivity contribution in [1.82, 2.24) is 19.6 Å². The zero-order valence-electron chi connectivity index (χ0n) is 14.9. The van der Waals surface area contributed by atoms with Crippen LogP contribution < -0.4 is 0 Å². The smallest absolute Gasteiger partial charge is 0.253 e. The Labute approximate surface area is 148 Å². The highest BCUT2D eigenvalue weighted by molar-refractivity contribution is 5.94. The van der Waals surface area contributed by atoms with Gasteiger partial charge in [0.05, 0.1) is 11.3 Å². The van der Waals surface area contributed by atoms with Gasteiger partial charge in [-0.25, -0.2) is 4.68 Å². The van der Waals surface area contributed by atoms with Crippen molar-refractivity contribution in [2.45, 2.75) is 24.9 Å². The maximum atomic E-state index is 12.9. The number of amides is 1. The molecule has 0 spiro atoms. The number of rotatable bonds is 4. The van der Waals surface area contributed by atoms with Crippen molar-refractivity contribution in [1.29, 1.82) is 0 Å². The summed E-state index contributed by atoms with van der Waals surface area (Å²) in [6.07, 6.45) is 5.72. The van der Waals surface area contributed by atoms with Gasteiger partial charge in [-0.2, -0.15) is 5.10 Å². The lowest BCUT2D eigenvalue weighted by atomic mass is 9.94. The van der Waals surface area contributed by atoms with Crippen LogP contribution in [0, 0.1) is 0 Å². The van der Waals surface area contributed by atoms with Gasteiger partial charge in [0.1, 0.15) is 0 Å². The van der Waals surface area contributed by atoms with Crippen molar-refractivity contribution in [2.75, 3.05) is 33.7 Å². The van der Waals surface area contributed by atoms with Gasteiger partial charge in [-0.3, -0.25) is 4.79 Å². The summed E-state index contributed by atoms with van der Waals surface area (Å²) < 4.78 is 1.75. The molecule has 0 aliphatic carbocycles. The molecule has 0 radical (unpaired) electrons. The van der Waals surface area contributed by atoms with E-state index in [9.17, 15) is 9.90 Å². The third-order valence-electron chi connectivity index (χ3n) is 4.68. The molecule has 2 aromatic rings. The number of benzene rings is 1. The summed E-state index contributed by atoms with van der Waals surface area (Å²) in [6.45, 7) is 1.89. The van der Waals surface area contributed by atoms with Gasteiger partial charge < -0.3 is 14.9 Å². The molecule has 0 unspecified atom stereocenters. The van der Waals surface area contributed by atoms with Gasteiger partial charge in [0.25, 0.3) is 5.91 Å². The molecule has 6 nitrogen and oxygen atoms in total. The third kappa shape index (κ3) is 4.27. The maximum absolute atomic E-state index is 12.9. The van der Waals surface area contributed by atoms with Crippen molar-refractivity contribution >= 4 is 5.91 Å². The van der Waals surface area contributed by atoms with Crippen molar-refractivity contribution in [3.05, 3.63) is 48.3 Å². The first-order valence-electron chi connectivity index (χ1n) is 8.73. The number of nitrogens with zero attached hydrogens (tertiary/aromatic N) is 4.